The van der Waals surface area contributed by atoms with E-state index < -0.39 is 6.10 Å². The topological polar surface area (TPSA) is 35.9 Å². The minimum absolute atomic E-state index is 0.460. The number of piperazine rings is 1. The van der Waals surface area contributed by atoms with Crippen molar-refractivity contribution >= 4 is 11.3 Å². The molecule has 1 aliphatic rings. The van der Waals surface area contributed by atoms with Gasteiger partial charge in [-0.25, -0.2) is 0 Å². The average Bonchev–Trinajstić information content (AvgIpc) is 3.15. The van der Waals surface area contributed by atoms with Crippen LogP contribution in [0.2, 0.25) is 0 Å². The van der Waals surface area contributed by atoms with E-state index in [1.54, 1.807) is 7.11 Å². The molecule has 0 spiro atoms. The normalized spacial score (nSPS) is 17.8. The Morgan fingerprint density at radius 3 is 2.62 bits per heavy atom. The Labute approximate surface area is 148 Å². The minimum atomic E-state index is -0.460. The van der Waals surface area contributed by atoms with Gasteiger partial charge in [-0.15, -0.1) is 11.3 Å². The third kappa shape index (κ3) is 4.80. The van der Waals surface area contributed by atoms with Crippen LogP contribution in [0.25, 0.3) is 0 Å². The van der Waals surface area contributed by atoms with Crippen LogP contribution >= 0.6 is 11.3 Å². The summed E-state index contributed by atoms with van der Waals surface area (Å²) in [5.74, 6) is 0.796. The van der Waals surface area contributed by atoms with Crippen LogP contribution in [-0.2, 0) is 6.42 Å². The largest absolute Gasteiger partial charge is 0.497 e. The number of aliphatic hydroxyl groups is 1. The Morgan fingerprint density at radius 2 is 1.92 bits per heavy atom. The van der Waals surface area contributed by atoms with E-state index in [1.165, 1.54) is 4.88 Å². The third-order valence-electron chi connectivity index (χ3n) is 4.63. The van der Waals surface area contributed by atoms with E-state index in [1.807, 2.05) is 35.6 Å². The summed E-state index contributed by atoms with van der Waals surface area (Å²) < 4.78 is 5.24. The third-order valence-corrected chi connectivity index (χ3v) is 5.57. The first-order chi connectivity index (χ1) is 11.7. The van der Waals surface area contributed by atoms with Gasteiger partial charge in [0.15, 0.2) is 0 Å². The maximum absolute atomic E-state index is 10.5. The van der Waals surface area contributed by atoms with Crippen molar-refractivity contribution in [3.05, 3.63) is 52.2 Å². The summed E-state index contributed by atoms with van der Waals surface area (Å²) in [5, 5.41) is 12.6. The Kier molecular flexibility index (Phi) is 6.26. The fourth-order valence-electron chi connectivity index (χ4n) is 3.12. The Hall–Kier alpha value is -1.40. The molecular formula is C19H26N2O2S. The van der Waals surface area contributed by atoms with Crippen molar-refractivity contribution in [3.63, 3.8) is 0 Å². The van der Waals surface area contributed by atoms with Crippen LogP contribution < -0.4 is 4.74 Å². The minimum Gasteiger partial charge on any atom is -0.497 e. The van der Waals surface area contributed by atoms with Crippen molar-refractivity contribution in [2.24, 2.45) is 0 Å². The van der Waals surface area contributed by atoms with Crippen LogP contribution in [0, 0.1) is 0 Å². The van der Waals surface area contributed by atoms with Gasteiger partial charge in [-0.3, -0.25) is 4.90 Å². The summed E-state index contributed by atoms with van der Waals surface area (Å²) in [5.41, 5.74) is 0.925. The quantitative estimate of drug-likeness (QED) is 0.836. The fourth-order valence-corrected chi connectivity index (χ4v) is 3.82. The lowest BCUT2D eigenvalue weighted by Gasteiger charge is -2.35. The molecule has 5 heteroatoms. The maximum Gasteiger partial charge on any atom is 0.119 e. The van der Waals surface area contributed by atoms with Gasteiger partial charge in [-0.05, 0) is 35.6 Å². The lowest BCUT2D eigenvalue weighted by molar-refractivity contribution is 0.0729. The maximum atomic E-state index is 10.5. The van der Waals surface area contributed by atoms with Gasteiger partial charge in [0.05, 0.1) is 13.2 Å². The second-order valence-electron chi connectivity index (χ2n) is 6.26. The van der Waals surface area contributed by atoms with Crippen LogP contribution in [0.3, 0.4) is 0 Å². The van der Waals surface area contributed by atoms with E-state index in [2.05, 4.69) is 27.3 Å². The predicted octanol–water partition coefficient (Wildman–Crippen LogP) is 2.65. The molecule has 1 fully saturated rings. The highest BCUT2D eigenvalue weighted by Gasteiger charge is 2.20. The number of β-amino-alcohol motifs (C(OH)–C–C–N with tert-alkyl or cyclic N) is 1. The first-order valence-electron chi connectivity index (χ1n) is 8.53. The van der Waals surface area contributed by atoms with Crippen molar-refractivity contribution in [1.82, 2.24) is 9.80 Å². The molecule has 0 amide bonds. The van der Waals surface area contributed by atoms with Gasteiger partial charge in [0.2, 0.25) is 0 Å². The van der Waals surface area contributed by atoms with Crippen molar-refractivity contribution in [2.45, 2.75) is 12.5 Å². The second kappa shape index (κ2) is 8.62. The smallest absolute Gasteiger partial charge is 0.119 e. The fraction of sp³-hybridized carbons (Fsp3) is 0.474. The molecule has 0 saturated carbocycles. The number of hydrogen-bond donors (Lipinski definition) is 1. The van der Waals surface area contributed by atoms with E-state index in [-0.39, 0.29) is 0 Å². The SMILES string of the molecule is COc1cccc([C@@H](O)CN2CCN(CCc3cccs3)CC2)c1. The Morgan fingerprint density at radius 1 is 1.12 bits per heavy atom. The van der Waals surface area contributed by atoms with Crippen LogP contribution in [0.15, 0.2) is 41.8 Å². The summed E-state index contributed by atoms with van der Waals surface area (Å²) in [7, 11) is 1.65. The number of methoxy groups -OCH3 is 1. The zero-order valence-corrected chi connectivity index (χ0v) is 15.0. The molecule has 4 nitrogen and oxygen atoms in total. The predicted molar refractivity (Wildman–Crippen MR) is 98.9 cm³/mol. The molecule has 0 unspecified atom stereocenters. The summed E-state index contributed by atoms with van der Waals surface area (Å²) in [6.07, 6.45) is 0.683. The van der Waals surface area contributed by atoms with E-state index in [9.17, 15) is 5.11 Å². The molecule has 1 atom stereocenters. The molecule has 130 valence electrons. The Balaban J connectivity index is 1.43. The molecule has 1 N–H and O–H groups in total. The highest BCUT2D eigenvalue weighted by atomic mass is 32.1. The monoisotopic (exact) mass is 346 g/mol. The van der Waals surface area contributed by atoms with E-state index in [0.717, 1.165) is 50.5 Å². The van der Waals surface area contributed by atoms with Crippen LogP contribution in [0.4, 0.5) is 0 Å². The van der Waals surface area contributed by atoms with Gasteiger partial charge in [-0.1, -0.05) is 18.2 Å². The first-order valence-corrected chi connectivity index (χ1v) is 9.41. The zero-order valence-electron chi connectivity index (χ0n) is 14.2. The van der Waals surface area contributed by atoms with Crippen LogP contribution in [-0.4, -0.2) is 61.3 Å². The standard InChI is InChI=1S/C19H26N2O2S/c1-23-17-5-2-4-16(14-17)19(22)15-21-11-9-20(10-12-21)8-7-18-6-3-13-24-18/h2-6,13-14,19,22H,7-12,15H2,1H3/t19-/m0/s1. The van der Waals surface area contributed by atoms with Crippen molar-refractivity contribution in [2.75, 3.05) is 46.4 Å². The number of nitrogens with zero attached hydrogens (tertiary/aromatic N) is 2. The number of benzene rings is 1. The number of ether oxygens (including phenoxy) is 1. The molecule has 2 heterocycles. The molecule has 1 aromatic heterocycles. The number of rotatable bonds is 7. The number of aliphatic hydroxyl groups excluding tert-OH is 1. The molecular weight excluding hydrogens is 320 g/mol. The second-order valence-corrected chi connectivity index (χ2v) is 7.30. The molecule has 1 aromatic carbocycles. The molecule has 24 heavy (non-hydrogen) atoms. The highest BCUT2D eigenvalue weighted by Crippen LogP contribution is 2.20. The Bertz CT molecular complexity index is 610. The van der Waals surface area contributed by atoms with Gasteiger partial charge in [0, 0.05) is 44.1 Å². The molecule has 1 saturated heterocycles. The number of thiophene rings is 1. The molecule has 0 aliphatic carbocycles. The van der Waals surface area contributed by atoms with Gasteiger partial charge < -0.3 is 14.7 Å². The number of hydrogen-bond acceptors (Lipinski definition) is 5. The lowest BCUT2D eigenvalue weighted by atomic mass is 10.1. The lowest BCUT2D eigenvalue weighted by Crippen LogP contribution is -2.47. The molecule has 0 bridgehead atoms. The van der Waals surface area contributed by atoms with Crippen molar-refractivity contribution in [3.8, 4) is 5.75 Å². The van der Waals surface area contributed by atoms with E-state index >= 15 is 0 Å². The van der Waals surface area contributed by atoms with Crippen LogP contribution in [0.5, 0.6) is 5.75 Å². The van der Waals surface area contributed by atoms with Crippen molar-refractivity contribution in [1.29, 1.82) is 0 Å². The molecule has 2 aromatic rings. The highest BCUT2D eigenvalue weighted by molar-refractivity contribution is 7.09. The zero-order chi connectivity index (χ0) is 16.8. The van der Waals surface area contributed by atoms with Gasteiger partial charge in [0.1, 0.15) is 5.75 Å². The van der Waals surface area contributed by atoms with Gasteiger partial charge >= 0.3 is 0 Å². The summed E-state index contributed by atoms with van der Waals surface area (Å²) in [6, 6.07) is 12.1. The summed E-state index contributed by atoms with van der Waals surface area (Å²) in [4.78, 5) is 6.34. The van der Waals surface area contributed by atoms with Gasteiger partial charge in [0.25, 0.3) is 0 Å². The van der Waals surface area contributed by atoms with Gasteiger partial charge in [-0.2, -0.15) is 0 Å². The molecule has 3 rings (SSSR count). The molecule has 0 radical (unpaired) electrons. The molecule has 1 aliphatic heterocycles. The average molecular weight is 346 g/mol. The summed E-state index contributed by atoms with van der Waals surface area (Å²) in [6.45, 7) is 6.02. The van der Waals surface area contributed by atoms with E-state index in [4.69, 9.17) is 4.74 Å². The first kappa shape index (κ1) is 17.4. The summed E-state index contributed by atoms with van der Waals surface area (Å²) >= 11 is 1.84. The van der Waals surface area contributed by atoms with Crippen LogP contribution in [0.1, 0.15) is 16.5 Å². The van der Waals surface area contributed by atoms with Crippen molar-refractivity contribution < 1.29 is 9.84 Å². The van der Waals surface area contributed by atoms with E-state index in [0.29, 0.717) is 6.54 Å².